The van der Waals surface area contributed by atoms with Gasteiger partial charge in [-0.1, -0.05) is 0 Å². The van der Waals surface area contributed by atoms with Crippen LogP contribution in [0.2, 0.25) is 0 Å². The lowest BCUT2D eigenvalue weighted by molar-refractivity contribution is -0.139. The van der Waals surface area contributed by atoms with E-state index in [1.807, 2.05) is 24.8 Å². The zero-order valence-electron chi connectivity index (χ0n) is 14.0. The molecule has 5 nitrogen and oxygen atoms in total. The van der Waals surface area contributed by atoms with E-state index in [2.05, 4.69) is 15.0 Å². The van der Waals surface area contributed by atoms with Crippen molar-refractivity contribution in [3.8, 4) is 5.75 Å². The highest BCUT2D eigenvalue weighted by atomic mass is 19.4. The summed E-state index contributed by atoms with van der Waals surface area (Å²) in [5.74, 6) is 0.555. The summed E-state index contributed by atoms with van der Waals surface area (Å²) in [4.78, 5) is 14.6. The maximum Gasteiger partial charge on any atom is 0.420 e. The zero-order valence-corrected chi connectivity index (χ0v) is 14.0. The van der Waals surface area contributed by atoms with Gasteiger partial charge in [-0.2, -0.15) is 13.2 Å². The summed E-state index contributed by atoms with van der Waals surface area (Å²) in [7, 11) is 0. The molecule has 8 heteroatoms. The first kappa shape index (κ1) is 17.4. The molecule has 1 atom stereocenters. The molecule has 2 aromatic heterocycles. The molecule has 0 amide bonds. The van der Waals surface area contributed by atoms with Crippen LogP contribution in [-0.4, -0.2) is 34.6 Å². The molecular formula is C17H19F3N4O. The van der Waals surface area contributed by atoms with Crippen LogP contribution in [0.1, 0.15) is 23.4 Å². The van der Waals surface area contributed by atoms with Gasteiger partial charge in [-0.3, -0.25) is 4.98 Å². The minimum absolute atomic E-state index is 0.116. The Balaban J connectivity index is 1.63. The fourth-order valence-electron chi connectivity index (χ4n) is 2.94. The van der Waals surface area contributed by atoms with E-state index in [0.717, 1.165) is 42.8 Å². The van der Waals surface area contributed by atoms with E-state index in [0.29, 0.717) is 12.5 Å². The van der Waals surface area contributed by atoms with Crippen molar-refractivity contribution in [1.82, 2.24) is 15.0 Å². The number of ether oxygens (including phenoxy) is 1. The van der Waals surface area contributed by atoms with Crippen LogP contribution < -0.4 is 9.64 Å². The number of anilines is 1. The molecule has 0 radical (unpaired) electrons. The number of aryl methyl sites for hydroxylation is 2. The Morgan fingerprint density at radius 1 is 1.24 bits per heavy atom. The fraction of sp³-hybridized carbons (Fsp3) is 0.471. The second kappa shape index (κ2) is 6.85. The van der Waals surface area contributed by atoms with Gasteiger partial charge in [0.25, 0.3) is 0 Å². The summed E-state index contributed by atoms with van der Waals surface area (Å²) < 4.78 is 44.4. The Morgan fingerprint density at radius 2 is 1.96 bits per heavy atom. The van der Waals surface area contributed by atoms with Crippen molar-refractivity contribution in [3.63, 3.8) is 0 Å². The van der Waals surface area contributed by atoms with Crippen LogP contribution in [0.4, 0.5) is 19.1 Å². The number of hydrogen-bond donors (Lipinski definition) is 0. The molecule has 3 rings (SSSR count). The molecule has 25 heavy (non-hydrogen) atoms. The van der Waals surface area contributed by atoms with Crippen molar-refractivity contribution in [2.45, 2.75) is 26.4 Å². The predicted molar refractivity (Wildman–Crippen MR) is 86.6 cm³/mol. The van der Waals surface area contributed by atoms with Crippen molar-refractivity contribution in [1.29, 1.82) is 0 Å². The van der Waals surface area contributed by atoms with Gasteiger partial charge in [-0.05, 0) is 32.4 Å². The predicted octanol–water partition coefficient (Wildman–Crippen LogP) is 3.41. The molecule has 1 saturated heterocycles. The molecular weight excluding hydrogens is 333 g/mol. The van der Waals surface area contributed by atoms with Gasteiger partial charge in [0.1, 0.15) is 11.3 Å². The second-order valence-corrected chi connectivity index (χ2v) is 6.23. The van der Waals surface area contributed by atoms with Gasteiger partial charge in [0.05, 0.1) is 12.8 Å². The van der Waals surface area contributed by atoms with Gasteiger partial charge < -0.3 is 9.64 Å². The molecule has 1 aliphatic rings. The minimum atomic E-state index is -4.45. The highest BCUT2D eigenvalue weighted by Gasteiger charge is 2.35. The Bertz CT molecular complexity index is 731. The largest absolute Gasteiger partial charge is 0.491 e. The lowest BCUT2D eigenvalue weighted by atomic mass is 10.1. The number of halogens is 3. The third kappa shape index (κ3) is 4.18. The number of aromatic nitrogens is 3. The summed E-state index contributed by atoms with van der Waals surface area (Å²) >= 11 is 0. The number of nitrogens with zero attached hydrogens (tertiary/aromatic N) is 4. The Kier molecular flexibility index (Phi) is 4.78. The lowest BCUT2D eigenvalue weighted by Gasteiger charge is -2.18. The molecule has 0 N–H and O–H groups in total. The average molecular weight is 352 g/mol. The van der Waals surface area contributed by atoms with E-state index in [-0.39, 0.29) is 18.3 Å². The van der Waals surface area contributed by atoms with E-state index < -0.39 is 11.7 Å². The number of hydrogen-bond acceptors (Lipinski definition) is 5. The Morgan fingerprint density at radius 3 is 2.64 bits per heavy atom. The first-order valence-corrected chi connectivity index (χ1v) is 8.04. The van der Waals surface area contributed by atoms with Crippen LogP contribution in [0.25, 0.3) is 0 Å². The minimum Gasteiger partial charge on any atom is -0.491 e. The second-order valence-electron chi connectivity index (χ2n) is 6.23. The van der Waals surface area contributed by atoms with E-state index in [1.54, 1.807) is 0 Å². The maximum atomic E-state index is 13.0. The van der Waals surface area contributed by atoms with Crippen LogP contribution in [0, 0.1) is 19.8 Å². The number of rotatable bonds is 4. The zero-order chi connectivity index (χ0) is 18.0. The van der Waals surface area contributed by atoms with E-state index >= 15 is 0 Å². The molecule has 0 aliphatic carbocycles. The monoisotopic (exact) mass is 352 g/mol. The van der Waals surface area contributed by atoms with Gasteiger partial charge in [-0.25, -0.2) is 9.97 Å². The third-order valence-corrected chi connectivity index (χ3v) is 4.10. The highest BCUT2D eigenvalue weighted by molar-refractivity contribution is 5.34. The molecule has 0 aromatic carbocycles. The first-order chi connectivity index (χ1) is 11.8. The van der Waals surface area contributed by atoms with Crippen LogP contribution in [0.3, 0.4) is 0 Å². The first-order valence-electron chi connectivity index (χ1n) is 8.04. The van der Waals surface area contributed by atoms with Gasteiger partial charge in [-0.15, -0.1) is 0 Å². The quantitative estimate of drug-likeness (QED) is 0.844. The average Bonchev–Trinajstić information content (AvgIpc) is 3.00. The van der Waals surface area contributed by atoms with Crippen molar-refractivity contribution < 1.29 is 17.9 Å². The Hall–Kier alpha value is -2.38. The van der Waals surface area contributed by atoms with Gasteiger partial charge in [0, 0.05) is 36.6 Å². The van der Waals surface area contributed by atoms with Crippen molar-refractivity contribution in [2.75, 3.05) is 24.6 Å². The van der Waals surface area contributed by atoms with Crippen LogP contribution >= 0.6 is 0 Å². The number of pyridine rings is 1. The summed E-state index contributed by atoms with van der Waals surface area (Å²) in [6.45, 7) is 5.45. The van der Waals surface area contributed by atoms with Gasteiger partial charge in [0.2, 0.25) is 5.95 Å². The topological polar surface area (TPSA) is 51.1 Å². The molecule has 2 aromatic rings. The summed E-state index contributed by atoms with van der Waals surface area (Å²) in [5, 5.41) is 0. The number of alkyl halides is 3. The standard InChI is InChI=1S/C17H19F3N4O/c1-11-7-12(2)23-16(22-11)24-6-4-13(9-24)10-25-15-8-21-5-3-14(15)17(18,19)20/h3,5,7-8,13H,4,6,9-10H2,1-2H3. The molecule has 134 valence electrons. The molecule has 1 aliphatic heterocycles. The third-order valence-electron chi connectivity index (χ3n) is 4.10. The van der Waals surface area contributed by atoms with Crippen LogP contribution in [0.15, 0.2) is 24.5 Å². The van der Waals surface area contributed by atoms with E-state index in [4.69, 9.17) is 4.74 Å². The van der Waals surface area contributed by atoms with Crippen LogP contribution in [-0.2, 0) is 6.18 Å². The summed E-state index contributed by atoms with van der Waals surface area (Å²) in [6, 6.07) is 2.83. The van der Waals surface area contributed by atoms with Gasteiger partial charge >= 0.3 is 6.18 Å². The van der Waals surface area contributed by atoms with E-state index in [1.165, 1.54) is 0 Å². The smallest absolute Gasteiger partial charge is 0.420 e. The SMILES string of the molecule is Cc1cc(C)nc(N2CCC(COc3cnccc3C(F)(F)F)C2)n1. The molecule has 0 bridgehead atoms. The molecule has 1 fully saturated rings. The van der Waals surface area contributed by atoms with Gasteiger partial charge in [0.15, 0.2) is 0 Å². The fourth-order valence-corrected chi connectivity index (χ4v) is 2.94. The molecule has 0 saturated carbocycles. The molecule has 0 spiro atoms. The molecule has 3 heterocycles. The van der Waals surface area contributed by atoms with Crippen molar-refractivity contribution >= 4 is 5.95 Å². The van der Waals surface area contributed by atoms with E-state index in [9.17, 15) is 13.2 Å². The highest BCUT2D eigenvalue weighted by Crippen LogP contribution is 2.35. The summed E-state index contributed by atoms with van der Waals surface area (Å²) in [5.41, 5.74) is 0.995. The summed E-state index contributed by atoms with van der Waals surface area (Å²) in [6.07, 6.45) is -1.40. The lowest BCUT2D eigenvalue weighted by Crippen LogP contribution is -2.24. The van der Waals surface area contributed by atoms with Crippen molar-refractivity contribution in [3.05, 3.63) is 41.5 Å². The van der Waals surface area contributed by atoms with Crippen molar-refractivity contribution in [2.24, 2.45) is 5.92 Å². The normalized spacial score (nSPS) is 17.8. The Labute approximate surface area is 143 Å². The molecule has 1 unspecified atom stereocenters. The van der Waals surface area contributed by atoms with Crippen LogP contribution in [0.5, 0.6) is 5.75 Å². The maximum absolute atomic E-state index is 13.0.